The Kier molecular flexibility index (Phi) is 2.69. The van der Waals surface area contributed by atoms with Crippen LogP contribution in [0.25, 0.3) is 11.3 Å². The second kappa shape index (κ2) is 4.00. The van der Waals surface area contributed by atoms with Gasteiger partial charge in [0.1, 0.15) is 11.5 Å². The first-order chi connectivity index (χ1) is 7.63. The molecule has 0 atom stereocenters. The van der Waals surface area contributed by atoms with Crippen LogP contribution in [0, 0.1) is 13.8 Å². The lowest BCUT2D eigenvalue weighted by atomic mass is 10.0. The zero-order valence-corrected chi connectivity index (χ0v) is 9.99. The molecule has 0 saturated carbocycles. The maximum Gasteiger partial charge on any atom is 0.131 e. The molecule has 0 aliphatic rings. The number of aromatic nitrogens is 2. The maximum atomic E-state index is 6.07. The zero-order chi connectivity index (χ0) is 11.7. The smallest absolute Gasteiger partial charge is 0.131 e. The largest absolute Gasteiger partial charge is 0.383 e. The molecular weight excluding hydrogens is 198 g/mol. The molecule has 2 N–H and O–H groups in total. The fraction of sp³-hybridized carbons (Fsp3) is 0.308. The summed E-state index contributed by atoms with van der Waals surface area (Å²) >= 11 is 0. The van der Waals surface area contributed by atoms with Crippen LogP contribution in [-0.4, -0.2) is 9.55 Å². The highest BCUT2D eigenvalue weighted by molar-refractivity contribution is 5.73. The molecule has 1 aromatic heterocycles. The van der Waals surface area contributed by atoms with Gasteiger partial charge in [0, 0.05) is 12.1 Å². The minimum Gasteiger partial charge on any atom is -0.383 e. The van der Waals surface area contributed by atoms with E-state index in [4.69, 9.17) is 5.73 Å². The molecule has 0 unspecified atom stereocenters. The van der Waals surface area contributed by atoms with Gasteiger partial charge in [0.05, 0.1) is 6.33 Å². The molecule has 2 aromatic rings. The van der Waals surface area contributed by atoms with E-state index in [2.05, 4.69) is 44.0 Å². The van der Waals surface area contributed by atoms with E-state index in [9.17, 15) is 0 Å². The van der Waals surface area contributed by atoms with E-state index in [1.807, 2.05) is 4.57 Å². The molecule has 1 aromatic carbocycles. The summed E-state index contributed by atoms with van der Waals surface area (Å²) in [6.07, 6.45) is 1.80. The van der Waals surface area contributed by atoms with Crippen LogP contribution in [0.3, 0.4) is 0 Å². The summed E-state index contributed by atoms with van der Waals surface area (Å²) in [5, 5.41) is 0. The summed E-state index contributed by atoms with van der Waals surface area (Å²) in [5.74, 6) is 0.746. The number of nitrogen functional groups attached to an aromatic ring is 1. The van der Waals surface area contributed by atoms with Gasteiger partial charge in [-0.15, -0.1) is 0 Å². The number of nitrogens with zero attached hydrogens (tertiary/aromatic N) is 2. The van der Waals surface area contributed by atoms with Crippen LogP contribution in [0.2, 0.25) is 0 Å². The third kappa shape index (κ3) is 1.69. The molecule has 0 radical (unpaired) electrons. The predicted molar refractivity (Wildman–Crippen MR) is 67.2 cm³/mol. The number of benzene rings is 1. The molecule has 3 heteroatoms. The number of nitrogens with two attached hydrogens (primary N) is 1. The van der Waals surface area contributed by atoms with Crippen molar-refractivity contribution in [2.75, 3.05) is 5.73 Å². The third-order valence-corrected chi connectivity index (χ3v) is 2.87. The average molecular weight is 215 g/mol. The van der Waals surface area contributed by atoms with Crippen LogP contribution >= 0.6 is 0 Å². The van der Waals surface area contributed by atoms with Crippen LogP contribution < -0.4 is 5.73 Å². The Hall–Kier alpha value is -1.77. The van der Waals surface area contributed by atoms with Gasteiger partial charge >= 0.3 is 0 Å². The van der Waals surface area contributed by atoms with Gasteiger partial charge in [0.25, 0.3) is 0 Å². The zero-order valence-electron chi connectivity index (χ0n) is 9.99. The van der Waals surface area contributed by atoms with Crippen molar-refractivity contribution in [2.45, 2.75) is 27.3 Å². The minimum atomic E-state index is 0.746. The van der Waals surface area contributed by atoms with Crippen LogP contribution in [-0.2, 0) is 6.54 Å². The average Bonchev–Trinajstić information content (AvgIpc) is 2.63. The van der Waals surface area contributed by atoms with E-state index >= 15 is 0 Å². The molecule has 0 aliphatic heterocycles. The molecule has 84 valence electrons. The number of rotatable bonds is 2. The second-order valence-electron chi connectivity index (χ2n) is 4.08. The number of hydrogen-bond acceptors (Lipinski definition) is 2. The van der Waals surface area contributed by atoms with Crippen LogP contribution in [0.5, 0.6) is 0 Å². The Bertz CT molecular complexity index is 512. The lowest BCUT2D eigenvalue weighted by Crippen LogP contribution is -2.00. The Labute approximate surface area is 95.9 Å². The molecule has 1 heterocycles. The highest BCUT2D eigenvalue weighted by atomic mass is 15.1. The van der Waals surface area contributed by atoms with Gasteiger partial charge in [0.2, 0.25) is 0 Å². The van der Waals surface area contributed by atoms with Crippen molar-refractivity contribution in [1.82, 2.24) is 9.55 Å². The minimum absolute atomic E-state index is 0.746. The van der Waals surface area contributed by atoms with Gasteiger partial charge in [-0.05, 0) is 32.4 Å². The fourth-order valence-corrected chi connectivity index (χ4v) is 1.84. The Morgan fingerprint density at radius 2 is 2.06 bits per heavy atom. The fourth-order valence-electron chi connectivity index (χ4n) is 1.84. The van der Waals surface area contributed by atoms with E-state index in [1.54, 1.807) is 6.33 Å². The van der Waals surface area contributed by atoms with E-state index in [0.29, 0.717) is 0 Å². The van der Waals surface area contributed by atoms with Gasteiger partial charge in [-0.2, -0.15) is 0 Å². The van der Waals surface area contributed by atoms with Crippen molar-refractivity contribution >= 4 is 5.82 Å². The quantitative estimate of drug-likeness (QED) is 0.837. The van der Waals surface area contributed by atoms with Crippen molar-refractivity contribution in [1.29, 1.82) is 0 Å². The Morgan fingerprint density at radius 1 is 1.31 bits per heavy atom. The first-order valence-electron chi connectivity index (χ1n) is 5.51. The summed E-state index contributed by atoms with van der Waals surface area (Å²) in [6, 6.07) is 6.34. The van der Waals surface area contributed by atoms with Crippen LogP contribution in [0.4, 0.5) is 5.82 Å². The highest BCUT2D eigenvalue weighted by Crippen LogP contribution is 2.27. The first kappa shape index (κ1) is 10.7. The molecule has 0 aliphatic carbocycles. The first-order valence-corrected chi connectivity index (χ1v) is 5.51. The lowest BCUT2D eigenvalue weighted by Gasteiger charge is -2.06. The van der Waals surface area contributed by atoms with Gasteiger partial charge in [-0.3, -0.25) is 0 Å². The van der Waals surface area contributed by atoms with E-state index in [1.165, 1.54) is 11.1 Å². The molecule has 3 nitrogen and oxygen atoms in total. The summed E-state index contributed by atoms with van der Waals surface area (Å²) < 4.78 is 1.96. The third-order valence-electron chi connectivity index (χ3n) is 2.87. The molecule has 0 spiro atoms. The van der Waals surface area contributed by atoms with Crippen molar-refractivity contribution in [3.8, 4) is 11.3 Å². The predicted octanol–water partition coefficient (Wildman–Crippen LogP) is 2.77. The molecule has 0 fully saturated rings. The molecule has 0 amide bonds. The van der Waals surface area contributed by atoms with Gasteiger partial charge in [-0.1, -0.05) is 17.7 Å². The maximum absolute atomic E-state index is 6.07. The van der Waals surface area contributed by atoms with Crippen LogP contribution in [0.15, 0.2) is 24.5 Å². The Balaban J connectivity index is 2.58. The normalized spacial score (nSPS) is 10.7. The van der Waals surface area contributed by atoms with Gasteiger partial charge < -0.3 is 10.3 Å². The molecular formula is C13H17N3. The number of hydrogen-bond donors (Lipinski definition) is 1. The summed E-state index contributed by atoms with van der Waals surface area (Å²) in [7, 11) is 0. The molecule has 0 saturated heterocycles. The number of imidazole rings is 1. The SMILES string of the molecule is CCn1cnc(-c2cc(C)ccc2C)c1N. The standard InChI is InChI=1S/C13H17N3/c1-4-16-8-15-12(13(16)14)11-7-9(2)5-6-10(11)3/h5-8H,4,14H2,1-3H3. The highest BCUT2D eigenvalue weighted by Gasteiger charge is 2.11. The molecule has 16 heavy (non-hydrogen) atoms. The number of aryl methyl sites for hydroxylation is 3. The molecule has 0 bridgehead atoms. The van der Waals surface area contributed by atoms with Crippen molar-refractivity contribution < 1.29 is 0 Å². The molecule has 2 rings (SSSR count). The van der Waals surface area contributed by atoms with Crippen LogP contribution in [0.1, 0.15) is 18.1 Å². The summed E-state index contributed by atoms with van der Waals surface area (Å²) in [5.41, 5.74) is 10.5. The monoisotopic (exact) mass is 215 g/mol. The van der Waals surface area contributed by atoms with Crippen molar-refractivity contribution in [2.24, 2.45) is 0 Å². The number of anilines is 1. The second-order valence-corrected chi connectivity index (χ2v) is 4.08. The van der Waals surface area contributed by atoms with Gasteiger partial charge in [-0.25, -0.2) is 4.98 Å². The van der Waals surface area contributed by atoms with E-state index < -0.39 is 0 Å². The summed E-state index contributed by atoms with van der Waals surface area (Å²) in [4.78, 5) is 4.40. The lowest BCUT2D eigenvalue weighted by molar-refractivity contribution is 0.771. The summed E-state index contributed by atoms with van der Waals surface area (Å²) in [6.45, 7) is 7.07. The van der Waals surface area contributed by atoms with E-state index in [-0.39, 0.29) is 0 Å². The van der Waals surface area contributed by atoms with Crippen molar-refractivity contribution in [3.05, 3.63) is 35.7 Å². The van der Waals surface area contributed by atoms with Crippen molar-refractivity contribution in [3.63, 3.8) is 0 Å². The van der Waals surface area contributed by atoms with E-state index in [0.717, 1.165) is 23.6 Å². The van der Waals surface area contributed by atoms with Gasteiger partial charge in [0.15, 0.2) is 0 Å². The topological polar surface area (TPSA) is 43.8 Å². The Morgan fingerprint density at radius 3 is 2.69 bits per heavy atom.